The third-order valence-electron chi connectivity index (χ3n) is 8.85. The lowest BCUT2D eigenvalue weighted by molar-refractivity contribution is -0.0959. The van der Waals surface area contributed by atoms with Crippen molar-refractivity contribution in [2.75, 3.05) is 14.2 Å². The summed E-state index contributed by atoms with van der Waals surface area (Å²) in [5, 5.41) is 1.89. The fourth-order valence-corrected chi connectivity index (χ4v) is 7.88. The van der Waals surface area contributed by atoms with E-state index >= 15 is 0 Å². The molecule has 1 aromatic heterocycles. The fourth-order valence-electron chi connectivity index (χ4n) is 7.28. The largest absolute Gasteiger partial charge is 0.497 e. The number of rotatable bonds is 5. The SMILES string of the molecule is COc1ccc2c(c1)O[C@@]1(c3ccc(OC)cc3OC(=O)c3cccs3)CCCC[C@H]1C21CCCCC1. The first-order valence-corrected chi connectivity index (χ1v) is 14.3. The lowest BCUT2D eigenvalue weighted by Crippen LogP contribution is -2.57. The molecule has 0 unspecified atom stereocenters. The summed E-state index contributed by atoms with van der Waals surface area (Å²) in [5.41, 5.74) is 1.71. The lowest BCUT2D eigenvalue weighted by atomic mass is 9.51. The fraction of sp³-hybridized carbons (Fsp3) is 0.452. The van der Waals surface area contributed by atoms with E-state index < -0.39 is 5.60 Å². The van der Waals surface area contributed by atoms with Gasteiger partial charge in [0, 0.05) is 34.6 Å². The van der Waals surface area contributed by atoms with E-state index in [0.29, 0.717) is 22.3 Å². The smallest absolute Gasteiger partial charge is 0.353 e. The second kappa shape index (κ2) is 9.71. The predicted octanol–water partition coefficient (Wildman–Crippen LogP) is 7.66. The third-order valence-corrected chi connectivity index (χ3v) is 9.70. The van der Waals surface area contributed by atoms with Crippen molar-refractivity contribution in [2.45, 2.75) is 68.8 Å². The maximum atomic E-state index is 13.1. The molecule has 5 nitrogen and oxygen atoms in total. The van der Waals surface area contributed by atoms with Gasteiger partial charge in [-0.3, -0.25) is 0 Å². The topological polar surface area (TPSA) is 54.0 Å². The van der Waals surface area contributed by atoms with E-state index in [2.05, 4.69) is 24.3 Å². The van der Waals surface area contributed by atoms with E-state index in [9.17, 15) is 4.79 Å². The van der Waals surface area contributed by atoms with Crippen LogP contribution in [-0.2, 0) is 11.0 Å². The number of hydrogen-bond donors (Lipinski definition) is 0. The first-order chi connectivity index (χ1) is 18.1. The number of carbonyl (C=O) groups is 1. The minimum atomic E-state index is -0.591. The Bertz CT molecular complexity index is 1280. The van der Waals surface area contributed by atoms with E-state index in [1.807, 2.05) is 23.6 Å². The van der Waals surface area contributed by atoms with Crippen LogP contribution in [0.15, 0.2) is 53.9 Å². The second-order valence-corrected chi connectivity index (χ2v) is 11.5. The maximum Gasteiger partial charge on any atom is 0.353 e. The molecule has 3 aliphatic rings. The van der Waals surface area contributed by atoms with E-state index in [0.717, 1.165) is 49.2 Å². The molecule has 0 N–H and O–H groups in total. The van der Waals surface area contributed by atoms with Gasteiger partial charge in [-0.05, 0) is 61.7 Å². The number of carbonyl (C=O) groups excluding carboxylic acids is 1. The second-order valence-electron chi connectivity index (χ2n) is 10.6. The van der Waals surface area contributed by atoms with Crippen LogP contribution in [0.5, 0.6) is 23.0 Å². The Kier molecular flexibility index (Phi) is 6.39. The minimum absolute atomic E-state index is 0.0352. The first kappa shape index (κ1) is 24.4. The van der Waals surface area contributed by atoms with Crippen LogP contribution in [0.25, 0.3) is 0 Å². The number of ether oxygens (including phenoxy) is 4. The Morgan fingerprint density at radius 1 is 0.892 bits per heavy atom. The van der Waals surface area contributed by atoms with Crippen LogP contribution in [0.2, 0.25) is 0 Å². The number of methoxy groups -OCH3 is 2. The summed E-state index contributed by atoms with van der Waals surface area (Å²) in [5.74, 6) is 2.84. The van der Waals surface area contributed by atoms with Crippen LogP contribution in [0.3, 0.4) is 0 Å². The van der Waals surface area contributed by atoms with Crippen molar-refractivity contribution in [1.29, 1.82) is 0 Å². The van der Waals surface area contributed by atoms with E-state index in [-0.39, 0.29) is 11.4 Å². The monoisotopic (exact) mass is 518 g/mol. The van der Waals surface area contributed by atoms with Crippen molar-refractivity contribution >= 4 is 17.3 Å². The zero-order chi connectivity index (χ0) is 25.5. The molecular formula is C31H34O5S. The van der Waals surface area contributed by atoms with Crippen LogP contribution in [-0.4, -0.2) is 20.2 Å². The quantitative estimate of drug-likeness (QED) is 0.256. The van der Waals surface area contributed by atoms with Gasteiger partial charge in [0.2, 0.25) is 0 Å². The summed E-state index contributed by atoms with van der Waals surface area (Å²) < 4.78 is 24.4. The lowest BCUT2D eigenvalue weighted by Gasteiger charge is -2.58. The van der Waals surface area contributed by atoms with Gasteiger partial charge >= 0.3 is 5.97 Å². The highest BCUT2D eigenvalue weighted by molar-refractivity contribution is 7.12. The predicted molar refractivity (Wildman–Crippen MR) is 144 cm³/mol. The molecule has 3 aromatic rings. The Labute approximate surface area is 222 Å². The number of thiophene rings is 1. The van der Waals surface area contributed by atoms with Crippen molar-refractivity contribution in [1.82, 2.24) is 0 Å². The van der Waals surface area contributed by atoms with E-state index in [4.69, 9.17) is 18.9 Å². The van der Waals surface area contributed by atoms with Gasteiger partial charge in [0.25, 0.3) is 0 Å². The molecule has 2 atom stereocenters. The summed E-state index contributed by atoms with van der Waals surface area (Å²) in [6.45, 7) is 0. The summed E-state index contributed by atoms with van der Waals surface area (Å²) in [6.07, 6.45) is 10.3. The Morgan fingerprint density at radius 2 is 1.62 bits per heavy atom. The number of hydrogen-bond acceptors (Lipinski definition) is 6. The molecule has 6 rings (SSSR count). The molecular weight excluding hydrogens is 484 g/mol. The number of esters is 1. The molecule has 0 amide bonds. The van der Waals surface area contributed by atoms with E-state index in [1.165, 1.54) is 42.6 Å². The van der Waals surface area contributed by atoms with Gasteiger partial charge in [0.15, 0.2) is 0 Å². The van der Waals surface area contributed by atoms with Crippen LogP contribution in [0, 0.1) is 5.92 Å². The molecule has 1 aliphatic heterocycles. The Hall–Kier alpha value is -2.99. The summed E-state index contributed by atoms with van der Waals surface area (Å²) >= 11 is 1.38. The minimum Gasteiger partial charge on any atom is -0.497 e. The highest BCUT2D eigenvalue weighted by atomic mass is 32.1. The zero-order valence-electron chi connectivity index (χ0n) is 21.6. The highest BCUT2D eigenvalue weighted by Gasteiger charge is 2.60. The molecule has 2 fully saturated rings. The van der Waals surface area contributed by atoms with Gasteiger partial charge in [-0.1, -0.05) is 37.8 Å². The Morgan fingerprint density at radius 3 is 2.35 bits per heavy atom. The average Bonchev–Trinajstić information content (AvgIpc) is 3.49. The van der Waals surface area contributed by atoms with Crippen molar-refractivity contribution in [3.8, 4) is 23.0 Å². The van der Waals surface area contributed by atoms with Crippen LogP contribution in [0.1, 0.15) is 78.6 Å². The van der Waals surface area contributed by atoms with Crippen LogP contribution < -0.4 is 18.9 Å². The molecule has 1 spiro atoms. The molecule has 37 heavy (non-hydrogen) atoms. The maximum absolute atomic E-state index is 13.1. The van der Waals surface area contributed by atoms with Gasteiger partial charge in [-0.25, -0.2) is 4.79 Å². The third kappa shape index (κ3) is 4.01. The van der Waals surface area contributed by atoms with Crippen molar-refractivity contribution in [3.05, 3.63) is 69.9 Å². The standard InChI is InChI=1S/C31H34O5S/c1-33-21-12-14-24(25(19-21)35-29(32)27-9-8-18-37-27)31-17-7-4-10-28(31)30(15-5-3-6-16-30)23-13-11-22(34-2)20-26(23)36-31/h8-9,11-14,18-20,28H,3-7,10,15-17H2,1-2H3/t28-,31+/m0/s1. The van der Waals surface area contributed by atoms with Gasteiger partial charge in [-0.2, -0.15) is 0 Å². The average molecular weight is 519 g/mol. The first-order valence-electron chi connectivity index (χ1n) is 13.4. The van der Waals surface area contributed by atoms with Crippen molar-refractivity contribution in [3.63, 3.8) is 0 Å². The molecule has 2 saturated carbocycles. The summed E-state index contributed by atoms with van der Waals surface area (Å²) in [7, 11) is 3.34. The molecule has 0 radical (unpaired) electrons. The van der Waals surface area contributed by atoms with Crippen molar-refractivity contribution in [2.24, 2.45) is 5.92 Å². The molecule has 2 heterocycles. The highest BCUT2D eigenvalue weighted by Crippen LogP contribution is 2.64. The van der Waals surface area contributed by atoms with Gasteiger partial charge in [0.1, 0.15) is 33.5 Å². The number of fused-ring (bicyclic) bond motifs is 4. The molecule has 0 bridgehead atoms. The van der Waals surface area contributed by atoms with Gasteiger partial charge in [-0.15, -0.1) is 11.3 Å². The zero-order valence-corrected chi connectivity index (χ0v) is 22.4. The molecule has 194 valence electrons. The van der Waals surface area contributed by atoms with E-state index in [1.54, 1.807) is 20.3 Å². The van der Waals surface area contributed by atoms with Crippen molar-refractivity contribution < 1.29 is 23.7 Å². The Balaban J connectivity index is 1.53. The normalized spacial score (nSPS) is 23.9. The number of benzene rings is 2. The van der Waals surface area contributed by atoms with Gasteiger partial charge in [0.05, 0.1) is 14.2 Å². The summed E-state index contributed by atoms with van der Waals surface area (Å²) in [6, 6.07) is 15.9. The van der Waals surface area contributed by atoms with Crippen LogP contribution in [0.4, 0.5) is 0 Å². The summed E-state index contributed by atoms with van der Waals surface area (Å²) in [4.78, 5) is 13.7. The van der Waals surface area contributed by atoms with Crippen LogP contribution >= 0.6 is 11.3 Å². The van der Waals surface area contributed by atoms with Gasteiger partial charge < -0.3 is 18.9 Å². The molecule has 0 saturated heterocycles. The molecule has 6 heteroatoms. The molecule has 2 aromatic carbocycles. The molecule has 2 aliphatic carbocycles.